The molecule has 0 amide bonds. The van der Waals surface area contributed by atoms with E-state index in [0.29, 0.717) is 0 Å². The van der Waals surface area contributed by atoms with Crippen LogP contribution in [0.1, 0.15) is 48.2 Å². The first-order chi connectivity index (χ1) is 12.6. The number of imidazole rings is 1. The predicted molar refractivity (Wildman–Crippen MR) is 105 cm³/mol. The lowest BCUT2D eigenvalue weighted by Gasteiger charge is -2.31. The third-order valence-electron chi connectivity index (χ3n) is 5.77. The van der Waals surface area contributed by atoms with E-state index < -0.39 is 0 Å². The summed E-state index contributed by atoms with van der Waals surface area (Å²) in [6.07, 6.45) is 7.02. The zero-order chi connectivity index (χ0) is 18.1. The largest absolute Gasteiger partial charge is 0.497 e. The van der Waals surface area contributed by atoms with Gasteiger partial charge in [-0.1, -0.05) is 25.0 Å². The normalized spacial score (nSPS) is 16.3. The Balaban J connectivity index is 1.63. The number of aryl methyl sites for hydroxylation is 2. The van der Waals surface area contributed by atoms with E-state index in [2.05, 4.69) is 66.2 Å². The number of benzene rings is 1. The standard InChI is InChI=1S/C22H27N3O/c1-16-10-13-25-20(17(2)24-21(25)14-16)15-23-22(11-4-5-12-22)18-6-8-19(26-3)9-7-18/h6-10,13-14,23H,4-5,11-12,15H2,1-3H3. The number of fused-ring (bicyclic) bond motifs is 1. The third kappa shape index (κ3) is 2.99. The quantitative estimate of drug-likeness (QED) is 0.736. The molecule has 2 aromatic heterocycles. The van der Waals surface area contributed by atoms with Crippen molar-refractivity contribution in [3.63, 3.8) is 0 Å². The molecule has 4 nitrogen and oxygen atoms in total. The van der Waals surface area contributed by atoms with Gasteiger partial charge in [-0.2, -0.15) is 0 Å². The molecule has 2 heterocycles. The van der Waals surface area contributed by atoms with Gasteiger partial charge in [-0.25, -0.2) is 4.98 Å². The topological polar surface area (TPSA) is 38.6 Å². The van der Waals surface area contributed by atoms with Gasteiger partial charge in [0.1, 0.15) is 11.4 Å². The van der Waals surface area contributed by atoms with Crippen molar-refractivity contribution in [1.82, 2.24) is 14.7 Å². The highest BCUT2D eigenvalue weighted by molar-refractivity contribution is 5.45. The highest BCUT2D eigenvalue weighted by Crippen LogP contribution is 2.39. The van der Waals surface area contributed by atoms with Crippen molar-refractivity contribution in [1.29, 1.82) is 0 Å². The monoisotopic (exact) mass is 349 g/mol. The molecule has 0 saturated heterocycles. The molecule has 0 aliphatic heterocycles. The summed E-state index contributed by atoms with van der Waals surface area (Å²) in [5.41, 5.74) is 6.04. The minimum absolute atomic E-state index is 0.0492. The molecule has 1 fully saturated rings. The van der Waals surface area contributed by atoms with E-state index >= 15 is 0 Å². The second-order valence-corrected chi connectivity index (χ2v) is 7.45. The lowest BCUT2D eigenvalue weighted by molar-refractivity contribution is 0.335. The predicted octanol–water partition coefficient (Wildman–Crippen LogP) is 4.52. The number of nitrogens with zero attached hydrogens (tertiary/aromatic N) is 2. The second kappa shape index (κ2) is 6.76. The molecule has 4 heteroatoms. The van der Waals surface area contributed by atoms with Crippen LogP contribution in [0.2, 0.25) is 0 Å². The fraction of sp³-hybridized carbons (Fsp3) is 0.409. The maximum absolute atomic E-state index is 5.33. The van der Waals surface area contributed by atoms with Crippen molar-refractivity contribution in [2.75, 3.05) is 7.11 Å². The molecule has 0 atom stereocenters. The Morgan fingerprint density at radius 1 is 1.12 bits per heavy atom. The Kier molecular flexibility index (Phi) is 4.45. The van der Waals surface area contributed by atoms with E-state index in [1.165, 1.54) is 42.5 Å². The van der Waals surface area contributed by atoms with Crippen LogP contribution in [-0.4, -0.2) is 16.5 Å². The van der Waals surface area contributed by atoms with Gasteiger partial charge in [-0.15, -0.1) is 0 Å². The smallest absolute Gasteiger partial charge is 0.137 e. The third-order valence-corrected chi connectivity index (χ3v) is 5.77. The SMILES string of the molecule is COc1ccc(C2(NCc3c(C)nc4cc(C)ccn34)CCCC2)cc1. The Morgan fingerprint density at radius 2 is 1.85 bits per heavy atom. The molecule has 136 valence electrons. The number of nitrogens with one attached hydrogen (secondary N) is 1. The highest BCUT2D eigenvalue weighted by atomic mass is 16.5. The number of hydrogen-bond acceptors (Lipinski definition) is 3. The van der Waals surface area contributed by atoms with Crippen molar-refractivity contribution in [2.45, 2.75) is 51.6 Å². The number of aromatic nitrogens is 2. The zero-order valence-corrected chi connectivity index (χ0v) is 15.9. The van der Waals surface area contributed by atoms with Gasteiger partial charge in [0, 0.05) is 18.3 Å². The van der Waals surface area contributed by atoms with Crippen LogP contribution in [0.15, 0.2) is 42.6 Å². The molecule has 0 unspecified atom stereocenters. The van der Waals surface area contributed by atoms with Crippen molar-refractivity contribution in [2.24, 2.45) is 0 Å². The Bertz CT molecular complexity index is 905. The lowest BCUT2D eigenvalue weighted by atomic mass is 9.88. The summed E-state index contributed by atoms with van der Waals surface area (Å²) in [6, 6.07) is 12.8. The van der Waals surface area contributed by atoms with Crippen molar-refractivity contribution >= 4 is 5.65 Å². The van der Waals surface area contributed by atoms with Crippen molar-refractivity contribution in [3.05, 3.63) is 65.1 Å². The number of pyridine rings is 1. The molecule has 0 bridgehead atoms. The second-order valence-electron chi connectivity index (χ2n) is 7.45. The fourth-order valence-corrected chi connectivity index (χ4v) is 4.24. The van der Waals surface area contributed by atoms with Crippen LogP contribution in [0, 0.1) is 13.8 Å². The molecular weight excluding hydrogens is 322 g/mol. The Hall–Kier alpha value is -2.33. The van der Waals surface area contributed by atoms with E-state index in [0.717, 1.165) is 23.6 Å². The molecule has 0 radical (unpaired) electrons. The summed E-state index contributed by atoms with van der Waals surface area (Å²) in [5.74, 6) is 0.912. The van der Waals surface area contributed by atoms with Gasteiger partial charge in [-0.05, 0) is 62.1 Å². The molecule has 26 heavy (non-hydrogen) atoms. The number of ether oxygens (including phenoxy) is 1. The maximum Gasteiger partial charge on any atom is 0.137 e. The average molecular weight is 349 g/mol. The molecule has 4 rings (SSSR count). The van der Waals surface area contributed by atoms with Crippen LogP contribution in [0.3, 0.4) is 0 Å². The first-order valence-corrected chi connectivity index (χ1v) is 9.45. The van der Waals surface area contributed by atoms with Crippen molar-refractivity contribution < 1.29 is 4.74 Å². The highest BCUT2D eigenvalue weighted by Gasteiger charge is 2.35. The molecule has 0 spiro atoms. The molecule has 1 aliphatic carbocycles. The van der Waals surface area contributed by atoms with Crippen LogP contribution in [0.5, 0.6) is 5.75 Å². The number of rotatable bonds is 5. The van der Waals surface area contributed by atoms with E-state index in [1.54, 1.807) is 7.11 Å². The summed E-state index contributed by atoms with van der Waals surface area (Å²) in [5, 5.41) is 3.90. The van der Waals surface area contributed by atoms with E-state index in [1.807, 2.05) is 0 Å². The summed E-state index contributed by atoms with van der Waals surface area (Å²) >= 11 is 0. The lowest BCUT2D eigenvalue weighted by Crippen LogP contribution is -2.39. The fourth-order valence-electron chi connectivity index (χ4n) is 4.24. The number of methoxy groups -OCH3 is 1. The maximum atomic E-state index is 5.33. The first kappa shape index (κ1) is 17.1. The van der Waals surface area contributed by atoms with Gasteiger partial charge < -0.3 is 14.5 Å². The van der Waals surface area contributed by atoms with E-state index in [9.17, 15) is 0 Å². The first-order valence-electron chi connectivity index (χ1n) is 9.45. The van der Waals surface area contributed by atoms with Gasteiger partial charge in [0.25, 0.3) is 0 Å². The van der Waals surface area contributed by atoms with Crippen molar-refractivity contribution in [3.8, 4) is 5.75 Å². The Labute approximate surface area is 155 Å². The van der Waals surface area contributed by atoms with Crippen LogP contribution < -0.4 is 10.1 Å². The molecule has 1 saturated carbocycles. The molecule has 1 N–H and O–H groups in total. The molecule has 3 aromatic rings. The number of hydrogen-bond donors (Lipinski definition) is 1. The van der Waals surface area contributed by atoms with Gasteiger partial charge in [-0.3, -0.25) is 0 Å². The van der Waals surface area contributed by atoms with Gasteiger partial charge in [0.15, 0.2) is 0 Å². The minimum Gasteiger partial charge on any atom is -0.497 e. The van der Waals surface area contributed by atoms with Gasteiger partial charge in [0.05, 0.1) is 18.5 Å². The Morgan fingerprint density at radius 3 is 2.54 bits per heavy atom. The van der Waals surface area contributed by atoms with Crippen LogP contribution in [0.25, 0.3) is 5.65 Å². The molecule has 1 aromatic carbocycles. The van der Waals surface area contributed by atoms with Crippen LogP contribution in [0.4, 0.5) is 0 Å². The van der Waals surface area contributed by atoms with Crippen LogP contribution in [-0.2, 0) is 12.1 Å². The summed E-state index contributed by atoms with van der Waals surface area (Å²) in [4.78, 5) is 4.74. The molecule has 1 aliphatic rings. The summed E-state index contributed by atoms with van der Waals surface area (Å²) in [6.45, 7) is 5.04. The van der Waals surface area contributed by atoms with Crippen LogP contribution >= 0.6 is 0 Å². The summed E-state index contributed by atoms with van der Waals surface area (Å²) < 4.78 is 7.54. The zero-order valence-electron chi connectivity index (χ0n) is 15.9. The average Bonchev–Trinajstić information content (AvgIpc) is 3.24. The minimum atomic E-state index is 0.0492. The van der Waals surface area contributed by atoms with Gasteiger partial charge >= 0.3 is 0 Å². The van der Waals surface area contributed by atoms with Gasteiger partial charge in [0.2, 0.25) is 0 Å². The molecular formula is C22H27N3O. The van der Waals surface area contributed by atoms with E-state index in [4.69, 9.17) is 9.72 Å². The van der Waals surface area contributed by atoms with E-state index in [-0.39, 0.29) is 5.54 Å². The summed E-state index contributed by atoms with van der Waals surface area (Å²) in [7, 11) is 1.72.